The smallest absolute Gasteiger partial charge is 0.126 e. The van der Waals surface area contributed by atoms with Crippen molar-refractivity contribution in [3.63, 3.8) is 0 Å². The van der Waals surface area contributed by atoms with E-state index >= 15 is 0 Å². The first kappa shape index (κ1) is 15.8. The van der Waals surface area contributed by atoms with Gasteiger partial charge in [0.1, 0.15) is 5.75 Å². The molecule has 0 amide bonds. The standard InChI is InChI=1S/C19H27NO/c1-5-19(6-2,7-3)20-14-15-12-13-18(21-4)17-11-9-8-10-16(15)17/h8-13,20H,5-7,14H2,1-4H3. The molecule has 21 heavy (non-hydrogen) atoms. The Morgan fingerprint density at radius 2 is 1.52 bits per heavy atom. The third-order valence-electron chi connectivity index (χ3n) is 4.88. The zero-order chi connectivity index (χ0) is 15.3. The fourth-order valence-electron chi connectivity index (χ4n) is 3.07. The summed E-state index contributed by atoms with van der Waals surface area (Å²) in [5.41, 5.74) is 1.59. The molecule has 114 valence electrons. The van der Waals surface area contributed by atoms with E-state index in [0.717, 1.165) is 31.6 Å². The Bertz CT molecular complexity index is 579. The second-order valence-corrected chi connectivity index (χ2v) is 5.67. The second-order valence-electron chi connectivity index (χ2n) is 5.67. The van der Waals surface area contributed by atoms with Crippen LogP contribution in [0.2, 0.25) is 0 Å². The molecule has 0 fully saturated rings. The normalized spacial score (nSPS) is 11.8. The lowest BCUT2D eigenvalue weighted by Crippen LogP contribution is -2.43. The van der Waals surface area contributed by atoms with Crippen LogP contribution in [-0.2, 0) is 6.54 Å². The van der Waals surface area contributed by atoms with E-state index in [4.69, 9.17) is 4.74 Å². The van der Waals surface area contributed by atoms with Gasteiger partial charge in [0, 0.05) is 17.5 Å². The monoisotopic (exact) mass is 285 g/mol. The number of nitrogens with one attached hydrogen (secondary N) is 1. The lowest BCUT2D eigenvalue weighted by molar-refractivity contribution is 0.288. The zero-order valence-corrected chi connectivity index (χ0v) is 13.7. The van der Waals surface area contributed by atoms with Crippen LogP contribution in [0.4, 0.5) is 0 Å². The fourth-order valence-corrected chi connectivity index (χ4v) is 3.07. The first-order chi connectivity index (χ1) is 10.2. The molecule has 0 atom stereocenters. The molecule has 0 saturated carbocycles. The van der Waals surface area contributed by atoms with E-state index in [1.807, 2.05) is 0 Å². The van der Waals surface area contributed by atoms with E-state index in [2.05, 4.69) is 62.5 Å². The van der Waals surface area contributed by atoms with Crippen molar-refractivity contribution in [2.24, 2.45) is 0 Å². The number of hydrogen-bond donors (Lipinski definition) is 1. The molecule has 2 aromatic carbocycles. The fraction of sp³-hybridized carbons (Fsp3) is 0.474. The summed E-state index contributed by atoms with van der Waals surface area (Å²) < 4.78 is 5.47. The summed E-state index contributed by atoms with van der Waals surface area (Å²) in [6.07, 6.45) is 3.48. The average molecular weight is 285 g/mol. The van der Waals surface area contributed by atoms with Gasteiger partial charge in [-0.15, -0.1) is 0 Å². The van der Waals surface area contributed by atoms with Gasteiger partial charge in [0.2, 0.25) is 0 Å². The summed E-state index contributed by atoms with van der Waals surface area (Å²) in [5.74, 6) is 0.946. The Hall–Kier alpha value is -1.54. The van der Waals surface area contributed by atoms with E-state index in [1.165, 1.54) is 16.3 Å². The van der Waals surface area contributed by atoms with Crippen LogP contribution in [-0.4, -0.2) is 12.6 Å². The number of fused-ring (bicyclic) bond motifs is 1. The van der Waals surface area contributed by atoms with Gasteiger partial charge in [-0.3, -0.25) is 0 Å². The summed E-state index contributed by atoms with van der Waals surface area (Å²) in [6, 6.07) is 12.7. The summed E-state index contributed by atoms with van der Waals surface area (Å²) >= 11 is 0. The number of benzene rings is 2. The van der Waals surface area contributed by atoms with Gasteiger partial charge in [-0.05, 0) is 36.3 Å². The van der Waals surface area contributed by atoms with Crippen LogP contribution in [0.25, 0.3) is 10.8 Å². The number of methoxy groups -OCH3 is 1. The molecule has 0 radical (unpaired) electrons. The maximum Gasteiger partial charge on any atom is 0.126 e. The highest BCUT2D eigenvalue weighted by Crippen LogP contribution is 2.29. The molecular weight excluding hydrogens is 258 g/mol. The van der Waals surface area contributed by atoms with Crippen LogP contribution in [0.5, 0.6) is 5.75 Å². The lowest BCUT2D eigenvalue weighted by Gasteiger charge is -2.32. The Morgan fingerprint density at radius 1 is 0.905 bits per heavy atom. The molecule has 0 unspecified atom stereocenters. The van der Waals surface area contributed by atoms with Gasteiger partial charge in [-0.1, -0.05) is 51.1 Å². The largest absolute Gasteiger partial charge is 0.496 e. The van der Waals surface area contributed by atoms with Crippen molar-refractivity contribution in [3.05, 3.63) is 42.0 Å². The quantitative estimate of drug-likeness (QED) is 0.780. The first-order valence-corrected chi connectivity index (χ1v) is 7.99. The van der Waals surface area contributed by atoms with E-state index in [0.29, 0.717) is 0 Å². The van der Waals surface area contributed by atoms with Crippen LogP contribution in [0.3, 0.4) is 0 Å². The van der Waals surface area contributed by atoms with Crippen molar-refractivity contribution in [3.8, 4) is 5.75 Å². The Morgan fingerprint density at radius 3 is 2.10 bits per heavy atom. The highest BCUT2D eigenvalue weighted by Gasteiger charge is 2.22. The van der Waals surface area contributed by atoms with Crippen molar-refractivity contribution in [1.29, 1.82) is 0 Å². The second kappa shape index (κ2) is 6.95. The Balaban J connectivity index is 2.31. The molecule has 0 aliphatic heterocycles. The summed E-state index contributed by atoms with van der Waals surface area (Å²) in [6.45, 7) is 7.71. The van der Waals surface area contributed by atoms with E-state index in [1.54, 1.807) is 7.11 Å². The summed E-state index contributed by atoms with van der Waals surface area (Å²) in [4.78, 5) is 0. The van der Waals surface area contributed by atoms with Crippen molar-refractivity contribution in [2.75, 3.05) is 7.11 Å². The molecule has 2 aromatic rings. The average Bonchev–Trinajstić information content (AvgIpc) is 2.56. The minimum absolute atomic E-state index is 0.251. The third kappa shape index (κ3) is 3.21. The molecule has 0 saturated heterocycles. The molecule has 0 bridgehead atoms. The number of rotatable bonds is 7. The predicted molar refractivity (Wildman–Crippen MR) is 90.9 cm³/mol. The van der Waals surface area contributed by atoms with Crippen LogP contribution in [0.1, 0.15) is 45.6 Å². The molecule has 2 rings (SSSR count). The third-order valence-corrected chi connectivity index (χ3v) is 4.88. The molecule has 0 aliphatic rings. The molecule has 0 spiro atoms. The zero-order valence-electron chi connectivity index (χ0n) is 13.7. The summed E-state index contributed by atoms with van der Waals surface area (Å²) in [5, 5.41) is 6.26. The Labute approximate surface area is 128 Å². The topological polar surface area (TPSA) is 21.3 Å². The van der Waals surface area contributed by atoms with Crippen LogP contribution < -0.4 is 10.1 Å². The predicted octanol–water partition coefficient (Wildman–Crippen LogP) is 4.91. The minimum Gasteiger partial charge on any atom is -0.496 e. The van der Waals surface area contributed by atoms with Gasteiger partial charge in [-0.2, -0.15) is 0 Å². The van der Waals surface area contributed by atoms with Gasteiger partial charge in [-0.25, -0.2) is 0 Å². The van der Waals surface area contributed by atoms with Crippen molar-refractivity contribution in [2.45, 2.75) is 52.1 Å². The SMILES string of the molecule is CCC(CC)(CC)NCc1ccc(OC)c2ccccc12. The van der Waals surface area contributed by atoms with Crippen LogP contribution in [0, 0.1) is 0 Å². The first-order valence-electron chi connectivity index (χ1n) is 7.99. The van der Waals surface area contributed by atoms with E-state index in [-0.39, 0.29) is 5.54 Å². The highest BCUT2D eigenvalue weighted by atomic mass is 16.5. The van der Waals surface area contributed by atoms with Crippen LogP contribution >= 0.6 is 0 Å². The van der Waals surface area contributed by atoms with E-state index in [9.17, 15) is 0 Å². The maximum absolute atomic E-state index is 5.47. The van der Waals surface area contributed by atoms with Gasteiger partial charge in [0.15, 0.2) is 0 Å². The molecule has 0 heterocycles. The van der Waals surface area contributed by atoms with Crippen molar-refractivity contribution >= 4 is 10.8 Å². The van der Waals surface area contributed by atoms with Gasteiger partial charge < -0.3 is 10.1 Å². The highest BCUT2D eigenvalue weighted by molar-refractivity contribution is 5.91. The van der Waals surface area contributed by atoms with Crippen LogP contribution in [0.15, 0.2) is 36.4 Å². The Kier molecular flexibility index (Phi) is 5.24. The molecule has 0 aliphatic carbocycles. The van der Waals surface area contributed by atoms with Gasteiger partial charge in [0.05, 0.1) is 7.11 Å². The van der Waals surface area contributed by atoms with Crippen molar-refractivity contribution < 1.29 is 4.74 Å². The van der Waals surface area contributed by atoms with Gasteiger partial charge in [0.25, 0.3) is 0 Å². The van der Waals surface area contributed by atoms with Crippen molar-refractivity contribution in [1.82, 2.24) is 5.32 Å². The number of hydrogen-bond acceptors (Lipinski definition) is 2. The molecular formula is C19H27NO. The minimum atomic E-state index is 0.251. The number of ether oxygens (including phenoxy) is 1. The molecule has 1 N–H and O–H groups in total. The maximum atomic E-state index is 5.47. The lowest BCUT2D eigenvalue weighted by atomic mass is 9.89. The van der Waals surface area contributed by atoms with Gasteiger partial charge >= 0.3 is 0 Å². The molecule has 2 nitrogen and oxygen atoms in total. The molecule has 2 heteroatoms. The van der Waals surface area contributed by atoms with E-state index < -0.39 is 0 Å². The molecule has 0 aromatic heterocycles. The summed E-state index contributed by atoms with van der Waals surface area (Å²) in [7, 11) is 1.73.